The maximum Gasteiger partial charge on any atom is 0.410 e. The molecule has 0 saturated carbocycles. The number of hydrogen-bond donors (Lipinski definition) is 1. The number of nitrogens with zero attached hydrogens (tertiary/aromatic N) is 4. The molecule has 0 aromatic carbocycles. The van der Waals surface area contributed by atoms with Crippen molar-refractivity contribution in [2.24, 2.45) is 11.8 Å². The summed E-state index contributed by atoms with van der Waals surface area (Å²) in [4.78, 5) is 49.7. The quantitative estimate of drug-likeness (QED) is 0.256. The van der Waals surface area contributed by atoms with E-state index in [1.54, 1.807) is 35.6 Å². The Hall–Kier alpha value is -3.09. The molecule has 2 saturated heterocycles. The lowest BCUT2D eigenvalue weighted by Crippen LogP contribution is -2.63. The predicted octanol–water partition coefficient (Wildman–Crippen LogP) is 3.54. The zero-order valence-corrected chi connectivity index (χ0v) is 24.5. The Labute approximate surface area is 241 Å². The highest BCUT2D eigenvalue weighted by Crippen LogP contribution is 2.52. The molecule has 0 bridgehead atoms. The van der Waals surface area contributed by atoms with E-state index in [0.29, 0.717) is 19.4 Å². The topological polar surface area (TPSA) is 114 Å². The van der Waals surface area contributed by atoms with E-state index in [4.69, 9.17) is 9.47 Å². The lowest BCUT2D eigenvalue weighted by molar-refractivity contribution is -0.164. The van der Waals surface area contributed by atoms with Crippen LogP contribution in [0.1, 0.15) is 30.8 Å². The number of aryl methyl sites for hydroxylation is 1. The minimum absolute atomic E-state index is 0.0277. The molecule has 2 aromatic rings. The third-order valence-corrected chi connectivity index (χ3v) is 10.6. The number of thiazole rings is 1. The molecule has 2 aromatic heterocycles. The number of rotatable bonds is 10. The maximum atomic E-state index is 13.1. The molecule has 5 rings (SSSR count). The molecular formula is C28H34N4O6S2. The van der Waals surface area contributed by atoms with Crippen LogP contribution in [0.2, 0.25) is 0 Å². The van der Waals surface area contributed by atoms with Gasteiger partial charge in [-0.1, -0.05) is 32.2 Å². The number of aliphatic hydroxyl groups is 1. The van der Waals surface area contributed by atoms with Crippen molar-refractivity contribution < 1.29 is 29.0 Å². The van der Waals surface area contributed by atoms with Crippen LogP contribution in [-0.4, -0.2) is 85.5 Å². The minimum Gasteiger partial charge on any atom is -0.457 e. The van der Waals surface area contributed by atoms with Crippen LogP contribution in [0.5, 0.6) is 0 Å². The molecule has 12 heteroatoms. The van der Waals surface area contributed by atoms with Crippen molar-refractivity contribution in [1.29, 1.82) is 0 Å². The van der Waals surface area contributed by atoms with E-state index >= 15 is 0 Å². The van der Waals surface area contributed by atoms with Gasteiger partial charge in [-0.2, -0.15) is 0 Å². The van der Waals surface area contributed by atoms with Crippen LogP contribution < -0.4 is 0 Å². The first-order valence-electron chi connectivity index (χ1n) is 13.3. The van der Waals surface area contributed by atoms with Crippen molar-refractivity contribution >= 4 is 45.9 Å². The number of ether oxygens (including phenoxy) is 2. The first-order valence-corrected chi connectivity index (χ1v) is 15.0. The van der Waals surface area contributed by atoms with Gasteiger partial charge in [0.1, 0.15) is 30.1 Å². The monoisotopic (exact) mass is 586 g/mol. The molecular weight excluding hydrogens is 552 g/mol. The van der Waals surface area contributed by atoms with Crippen molar-refractivity contribution in [2.75, 3.05) is 19.8 Å². The molecule has 214 valence electrons. The molecule has 0 aliphatic carbocycles. The molecule has 3 aliphatic heterocycles. The summed E-state index contributed by atoms with van der Waals surface area (Å²) < 4.78 is 12.8. The fourth-order valence-corrected chi connectivity index (χ4v) is 8.72. The number of aliphatic hydroxyl groups excluding tert-OH is 1. The van der Waals surface area contributed by atoms with Gasteiger partial charge < -0.3 is 24.4 Å². The van der Waals surface area contributed by atoms with Gasteiger partial charge in [0, 0.05) is 45.7 Å². The van der Waals surface area contributed by atoms with Crippen LogP contribution in [0.3, 0.4) is 0 Å². The molecule has 0 radical (unpaired) electrons. The van der Waals surface area contributed by atoms with Crippen molar-refractivity contribution in [3.8, 4) is 0 Å². The average molecular weight is 587 g/mol. The van der Waals surface area contributed by atoms with Gasteiger partial charge in [0.25, 0.3) is 0 Å². The molecule has 2 fully saturated rings. The zero-order chi connectivity index (χ0) is 28.7. The molecule has 10 nitrogen and oxygen atoms in total. The van der Waals surface area contributed by atoms with Gasteiger partial charge in [0.15, 0.2) is 0 Å². The Morgan fingerprint density at radius 2 is 2.02 bits per heavy atom. The third kappa shape index (κ3) is 4.86. The second-order valence-electron chi connectivity index (χ2n) is 10.4. The smallest absolute Gasteiger partial charge is 0.410 e. The zero-order valence-electron chi connectivity index (χ0n) is 22.8. The molecule has 6 atom stereocenters. The standard InChI is InChI=1S/C28H34N4O6S2/c1-6-8-37-27(35)24-25(15(3)23-22(17(5)33)26(34)32(23)24)39-19-10-18(30(13-19)28(36)38-9-7-2)11-20-16(4)31-14-29-12-21(31)40-20/h6-7,12,14-15,17-19,22-23,33H,1-2,8-11,13H2,3-5H3/t15-,17-,18+,19+,22-,23-/m1/s1. The highest BCUT2D eigenvalue weighted by Gasteiger charge is 2.60. The SMILES string of the molecule is C=CCOC(=O)C1=C(S[C@H]2C[C@@H](Cc3sc4cncn4c3C)N(C(=O)OCC=C)C2)[C@H](C)[C@@H]2[C@@H]([C@@H](C)O)C(=O)N12. The van der Waals surface area contributed by atoms with Gasteiger partial charge in [-0.05, 0) is 20.3 Å². The number of likely N-dealkylation sites (tertiary alicyclic amines) is 1. The Morgan fingerprint density at radius 3 is 2.70 bits per heavy atom. The summed E-state index contributed by atoms with van der Waals surface area (Å²) in [6.45, 7) is 13.5. The van der Waals surface area contributed by atoms with E-state index < -0.39 is 24.1 Å². The summed E-state index contributed by atoms with van der Waals surface area (Å²) in [7, 11) is 0. The van der Waals surface area contributed by atoms with Gasteiger partial charge in [0.2, 0.25) is 5.91 Å². The number of carbonyl (C=O) groups excluding carboxylic acids is 3. The van der Waals surface area contributed by atoms with Gasteiger partial charge >= 0.3 is 12.1 Å². The average Bonchev–Trinajstić information content (AvgIpc) is 3.66. The second kappa shape index (κ2) is 11.4. The Bertz CT molecular complexity index is 1380. The van der Waals surface area contributed by atoms with Gasteiger partial charge in [-0.25, -0.2) is 14.6 Å². The second-order valence-corrected chi connectivity index (χ2v) is 12.9. The summed E-state index contributed by atoms with van der Waals surface area (Å²) in [5.74, 6) is -1.59. The molecule has 2 amide bonds. The van der Waals surface area contributed by atoms with Crippen LogP contribution in [0.4, 0.5) is 4.79 Å². The molecule has 3 aliphatic rings. The van der Waals surface area contributed by atoms with E-state index in [1.165, 1.54) is 27.6 Å². The third-order valence-electron chi connectivity index (χ3n) is 7.88. The largest absolute Gasteiger partial charge is 0.457 e. The highest BCUT2D eigenvalue weighted by atomic mass is 32.2. The fourth-order valence-electron chi connectivity index (χ4n) is 5.99. The number of amides is 2. The number of thioether (sulfide) groups is 1. The predicted molar refractivity (Wildman–Crippen MR) is 153 cm³/mol. The summed E-state index contributed by atoms with van der Waals surface area (Å²) in [6.07, 6.45) is 6.77. The lowest BCUT2D eigenvalue weighted by atomic mass is 9.79. The number of hydrogen-bond acceptors (Lipinski definition) is 9. The van der Waals surface area contributed by atoms with Crippen molar-refractivity contribution in [3.63, 3.8) is 0 Å². The Kier molecular flexibility index (Phi) is 8.12. The molecule has 5 heterocycles. The van der Waals surface area contributed by atoms with Crippen LogP contribution in [0.15, 0.2) is 48.4 Å². The summed E-state index contributed by atoms with van der Waals surface area (Å²) in [6, 6.07) is -0.416. The number of β-lactam (4-membered cyclic amide) rings is 1. The molecule has 0 unspecified atom stereocenters. The number of esters is 1. The maximum absolute atomic E-state index is 13.1. The van der Waals surface area contributed by atoms with E-state index in [0.717, 1.165) is 15.4 Å². The lowest BCUT2D eigenvalue weighted by Gasteiger charge is -2.46. The van der Waals surface area contributed by atoms with Crippen molar-refractivity contribution in [3.05, 3.63) is 59.0 Å². The Balaban J connectivity index is 1.41. The van der Waals surface area contributed by atoms with Crippen LogP contribution in [-0.2, 0) is 25.5 Å². The highest BCUT2D eigenvalue weighted by molar-refractivity contribution is 8.03. The van der Waals surface area contributed by atoms with Gasteiger partial charge in [-0.15, -0.1) is 23.1 Å². The van der Waals surface area contributed by atoms with Gasteiger partial charge in [0.05, 0.1) is 24.3 Å². The summed E-state index contributed by atoms with van der Waals surface area (Å²) in [5.41, 5.74) is 1.34. The van der Waals surface area contributed by atoms with E-state index in [-0.39, 0.29) is 48.1 Å². The molecule has 1 N–H and O–H groups in total. The Morgan fingerprint density at radius 1 is 1.30 bits per heavy atom. The van der Waals surface area contributed by atoms with Crippen LogP contribution in [0.25, 0.3) is 4.83 Å². The normalized spacial score (nSPS) is 26.6. The van der Waals surface area contributed by atoms with E-state index in [1.807, 2.05) is 24.4 Å². The van der Waals surface area contributed by atoms with Crippen molar-refractivity contribution in [1.82, 2.24) is 19.2 Å². The number of aromatic nitrogens is 2. The number of imidazole rings is 1. The summed E-state index contributed by atoms with van der Waals surface area (Å²) in [5, 5.41) is 10.2. The first kappa shape index (κ1) is 28.4. The number of fused-ring (bicyclic) bond motifs is 2. The van der Waals surface area contributed by atoms with E-state index in [9.17, 15) is 19.5 Å². The number of carbonyl (C=O) groups is 3. The van der Waals surface area contributed by atoms with E-state index in [2.05, 4.69) is 18.1 Å². The van der Waals surface area contributed by atoms with Gasteiger partial charge in [-0.3, -0.25) is 9.20 Å². The molecule has 0 spiro atoms. The first-order chi connectivity index (χ1) is 19.2. The van der Waals surface area contributed by atoms with Crippen molar-refractivity contribution in [2.45, 2.75) is 57.1 Å². The fraction of sp³-hybridized carbons (Fsp3) is 0.500. The minimum atomic E-state index is -0.826. The summed E-state index contributed by atoms with van der Waals surface area (Å²) >= 11 is 3.18. The van der Waals surface area contributed by atoms with Crippen LogP contribution in [0, 0.1) is 18.8 Å². The molecule has 40 heavy (non-hydrogen) atoms. The van der Waals surface area contributed by atoms with Crippen LogP contribution >= 0.6 is 23.1 Å².